The Labute approximate surface area is 92.0 Å². The summed E-state index contributed by atoms with van der Waals surface area (Å²) in [6.07, 6.45) is 1.18. The van der Waals surface area contributed by atoms with E-state index in [2.05, 4.69) is 26.1 Å². The number of aromatic nitrogens is 2. The molecule has 0 N–H and O–H groups in total. The molecule has 0 amide bonds. The highest BCUT2D eigenvalue weighted by Crippen LogP contribution is 2.30. The number of hydrogen-bond acceptors (Lipinski definition) is 3. The van der Waals surface area contributed by atoms with Gasteiger partial charge in [-0.25, -0.2) is 4.39 Å². The van der Waals surface area contributed by atoms with Crippen LogP contribution in [0.5, 0.6) is 0 Å². The van der Waals surface area contributed by atoms with E-state index in [0.29, 0.717) is 10.0 Å². The van der Waals surface area contributed by atoms with Gasteiger partial charge in [-0.05, 0) is 28.1 Å². The third-order valence-electron chi connectivity index (χ3n) is 1.59. The van der Waals surface area contributed by atoms with Crippen LogP contribution >= 0.6 is 27.5 Å². The maximum atomic E-state index is 13.2. The lowest BCUT2D eigenvalue weighted by molar-refractivity contribution is 0.567. The van der Waals surface area contributed by atoms with E-state index in [9.17, 15) is 4.39 Å². The minimum Gasteiger partial charge on any atom is -0.423 e. The molecule has 0 saturated carbocycles. The van der Waals surface area contributed by atoms with E-state index < -0.39 is 5.82 Å². The molecule has 0 radical (unpaired) electrons. The average Bonchev–Trinajstić information content (AvgIpc) is 2.66. The van der Waals surface area contributed by atoms with E-state index in [-0.39, 0.29) is 10.9 Å². The molecule has 0 atom stereocenters. The van der Waals surface area contributed by atoms with Gasteiger partial charge in [-0.3, -0.25) is 0 Å². The van der Waals surface area contributed by atoms with Gasteiger partial charge in [0, 0.05) is 10.0 Å². The summed E-state index contributed by atoms with van der Waals surface area (Å²) in [6, 6.07) is 2.85. The summed E-state index contributed by atoms with van der Waals surface area (Å²) in [6.45, 7) is 0. The summed E-state index contributed by atoms with van der Waals surface area (Å²) in [5.41, 5.74) is 0.483. The molecule has 0 bridgehead atoms. The van der Waals surface area contributed by atoms with Crippen molar-refractivity contribution in [3.05, 3.63) is 33.8 Å². The Morgan fingerprint density at radius 3 is 2.79 bits per heavy atom. The second-order valence-electron chi connectivity index (χ2n) is 2.50. The van der Waals surface area contributed by atoms with Crippen molar-refractivity contribution in [3.8, 4) is 11.5 Å². The monoisotopic (exact) mass is 276 g/mol. The number of halogens is 3. The Morgan fingerprint density at radius 1 is 1.43 bits per heavy atom. The Kier molecular flexibility index (Phi) is 2.52. The number of nitrogens with zero attached hydrogens (tertiary/aromatic N) is 2. The van der Waals surface area contributed by atoms with Crippen LogP contribution in [0.25, 0.3) is 11.5 Å². The molecule has 1 heterocycles. The number of benzene rings is 1. The van der Waals surface area contributed by atoms with Gasteiger partial charge in [-0.15, -0.1) is 10.2 Å². The van der Waals surface area contributed by atoms with Gasteiger partial charge in [0.05, 0.1) is 5.02 Å². The van der Waals surface area contributed by atoms with Crippen LogP contribution in [0.2, 0.25) is 5.02 Å². The van der Waals surface area contributed by atoms with E-state index in [1.807, 2.05) is 0 Å². The van der Waals surface area contributed by atoms with Crippen molar-refractivity contribution in [3.63, 3.8) is 0 Å². The van der Waals surface area contributed by atoms with Gasteiger partial charge < -0.3 is 4.42 Å². The molecular formula is C8H3BrClFN2O. The van der Waals surface area contributed by atoms with Gasteiger partial charge in [0.2, 0.25) is 12.3 Å². The van der Waals surface area contributed by atoms with Crippen LogP contribution in [-0.2, 0) is 0 Å². The van der Waals surface area contributed by atoms with Gasteiger partial charge >= 0.3 is 0 Å². The van der Waals surface area contributed by atoms with Crippen LogP contribution < -0.4 is 0 Å². The molecule has 3 nitrogen and oxygen atoms in total. The fourth-order valence-electron chi connectivity index (χ4n) is 0.978. The molecule has 0 spiro atoms. The third-order valence-corrected chi connectivity index (χ3v) is 2.83. The Bertz CT molecular complexity index is 437. The van der Waals surface area contributed by atoms with Crippen molar-refractivity contribution in [1.82, 2.24) is 10.2 Å². The van der Waals surface area contributed by atoms with Gasteiger partial charge in [-0.1, -0.05) is 11.6 Å². The minimum atomic E-state index is -0.533. The Balaban J connectivity index is 2.57. The largest absolute Gasteiger partial charge is 0.423 e. The standard InChI is InChI=1S/C8H3BrClFN2O/c9-5-1-4(2-6(11)7(5)10)8-13-12-3-14-8/h1-3H. The molecule has 0 fully saturated rings. The highest BCUT2D eigenvalue weighted by atomic mass is 79.9. The molecule has 0 unspecified atom stereocenters. The Morgan fingerprint density at radius 2 is 2.21 bits per heavy atom. The molecule has 2 rings (SSSR count). The summed E-state index contributed by atoms with van der Waals surface area (Å²) >= 11 is 8.74. The average molecular weight is 277 g/mol. The SMILES string of the molecule is Fc1cc(-c2nnco2)cc(Br)c1Cl. The van der Waals surface area contributed by atoms with E-state index in [1.165, 1.54) is 12.5 Å². The summed E-state index contributed by atoms with van der Waals surface area (Å²) < 4.78 is 18.5. The lowest BCUT2D eigenvalue weighted by atomic mass is 10.2. The van der Waals surface area contributed by atoms with E-state index in [1.54, 1.807) is 6.07 Å². The fraction of sp³-hybridized carbons (Fsp3) is 0. The highest BCUT2D eigenvalue weighted by Gasteiger charge is 2.10. The topological polar surface area (TPSA) is 38.9 Å². The molecule has 0 saturated heterocycles. The Hall–Kier alpha value is -0.940. The number of rotatable bonds is 1. The van der Waals surface area contributed by atoms with Gasteiger partial charge in [0.25, 0.3) is 0 Å². The quantitative estimate of drug-likeness (QED) is 0.751. The zero-order chi connectivity index (χ0) is 10.1. The molecule has 0 aliphatic carbocycles. The van der Waals surface area contributed by atoms with Crippen LogP contribution in [-0.4, -0.2) is 10.2 Å². The first-order chi connectivity index (χ1) is 6.68. The molecule has 1 aromatic carbocycles. The van der Waals surface area contributed by atoms with Crippen LogP contribution in [0.3, 0.4) is 0 Å². The van der Waals surface area contributed by atoms with Crippen LogP contribution in [0, 0.1) is 5.82 Å². The maximum Gasteiger partial charge on any atom is 0.247 e. The summed E-state index contributed by atoms with van der Waals surface area (Å²) in [5, 5.41) is 7.18. The normalized spacial score (nSPS) is 10.5. The first kappa shape index (κ1) is 9.61. The molecule has 14 heavy (non-hydrogen) atoms. The van der Waals surface area contributed by atoms with Crippen molar-refractivity contribution in [2.75, 3.05) is 0 Å². The molecule has 1 aromatic heterocycles. The van der Waals surface area contributed by atoms with E-state index in [0.717, 1.165) is 0 Å². The molecule has 72 valence electrons. The maximum absolute atomic E-state index is 13.2. The fourth-order valence-corrected chi connectivity index (χ4v) is 1.52. The third kappa shape index (κ3) is 1.65. The number of hydrogen-bond donors (Lipinski definition) is 0. The van der Waals surface area contributed by atoms with E-state index in [4.69, 9.17) is 16.0 Å². The van der Waals surface area contributed by atoms with Gasteiger partial charge in [0.15, 0.2) is 0 Å². The van der Waals surface area contributed by atoms with Crippen molar-refractivity contribution < 1.29 is 8.81 Å². The zero-order valence-corrected chi connectivity index (χ0v) is 9.01. The smallest absolute Gasteiger partial charge is 0.247 e. The first-order valence-electron chi connectivity index (χ1n) is 3.59. The van der Waals surface area contributed by atoms with E-state index >= 15 is 0 Å². The summed E-state index contributed by atoms with van der Waals surface area (Å²) in [4.78, 5) is 0. The van der Waals surface area contributed by atoms with Crippen LogP contribution in [0.15, 0.2) is 27.4 Å². The molecule has 2 aromatic rings. The molecular weight excluding hydrogens is 274 g/mol. The van der Waals surface area contributed by atoms with Gasteiger partial charge in [0.1, 0.15) is 5.82 Å². The van der Waals surface area contributed by atoms with Crippen molar-refractivity contribution in [1.29, 1.82) is 0 Å². The lowest BCUT2D eigenvalue weighted by Crippen LogP contribution is -1.84. The second-order valence-corrected chi connectivity index (χ2v) is 3.73. The predicted octanol–water partition coefficient (Wildman–Crippen LogP) is 3.29. The summed E-state index contributed by atoms with van der Waals surface area (Å²) in [7, 11) is 0. The van der Waals surface area contributed by atoms with Crippen LogP contribution in [0.4, 0.5) is 4.39 Å². The predicted molar refractivity (Wildman–Crippen MR) is 52.4 cm³/mol. The first-order valence-corrected chi connectivity index (χ1v) is 4.76. The second kappa shape index (κ2) is 3.67. The lowest BCUT2D eigenvalue weighted by Gasteiger charge is -2.00. The molecule has 0 aliphatic rings. The highest BCUT2D eigenvalue weighted by molar-refractivity contribution is 9.10. The van der Waals surface area contributed by atoms with Crippen molar-refractivity contribution >= 4 is 27.5 Å². The summed E-state index contributed by atoms with van der Waals surface area (Å²) in [5.74, 6) is -0.282. The molecule has 6 heteroatoms. The minimum absolute atomic E-state index is 0.0354. The zero-order valence-electron chi connectivity index (χ0n) is 6.67. The van der Waals surface area contributed by atoms with Crippen molar-refractivity contribution in [2.45, 2.75) is 0 Å². The van der Waals surface area contributed by atoms with Crippen molar-refractivity contribution in [2.24, 2.45) is 0 Å². The van der Waals surface area contributed by atoms with Crippen LogP contribution in [0.1, 0.15) is 0 Å². The van der Waals surface area contributed by atoms with Gasteiger partial charge in [-0.2, -0.15) is 0 Å². The molecule has 0 aliphatic heterocycles.